The second kappa shape index (κ2) is 5.41. The highest BCUT2D eigenvalue weighted by molar-refractivity contribution is 7.09. The van der Waals surface area contributed by atoms with Crippen molar-refractivity contribution in [3.8, 4) is 0 Å². The first-order chi connectivity index (χ1) is 7.79. The van der Waals surface area contributed by atoms with Crippen molar-refractivity contribution < 1.29 is 9.53 Å². The third kappa shape index (κ3) is 2.80. The Morgan fingerprint density at radius 1 is 1.75 bits per heavy atom. The van der Waals surface area contributed by atoms with Crippen molar-refractivity contribution in [2.24, 2.45) is 0 Å². The maximum Gasteiger partial charge on any atom is 0.249 e. The fourth-order valence-electron chi connectivity index (χ4n) is 1.67. The van der Waals surface area contributed by atoms with Crippen molar-refractivity contribution in [3.05, 3.63) is 16.1 Å². The molecule has 1 aliphatic heterocycles. The first-order valence-corrected chi connectivity index (χ1v) is 6.50. The van der Waals surface area contributed by atoms with E-state index >= 15 is 0 Å². The number of ether oxygens (including phenoxy) is 1. The molecular formula is C11H16N2O2S. The summed E-state index contributed by atoms with van der Waals surface area (Å²) in [6.07, 6.45) is 2.52. The average Bonchev–Trinajstić information content (AvgIpc) is 2.96. The van der Waals surface area contributed by atoms with E-state index in [9.17, 15) is 4.79 Å². The van der Waals surface area contributed by atoms with Crippen LogP contribution in [0.15, 0.2) is 5.38 Å². The number of carbonyl (C=O) groups is 1. The SMILES string of the molecule is CCc1nc(CNC(=O)[C@H]2CCCO2)cs1. The van der Waals surface area contributed by atoms with Crippen LogP contribution in [0, 0.1) is 0 Å². The number of nitrogens with one attached hydrogen (secondary N) is 1. The Morgan fingerprint density at radius 2 is 2.62 bits per heavy atom. The Kier molecular flexibility index (Phi) is 3.90. The molecule has 1 aromatic rings. The lowest BCUT2D eigenvalue weighted by Crippen LogP contribution is -2.33. The highest BCUT2D eigenvalue weighted by Gasteiger charge is 2.23. The molecule has 4 nitrogen and oxygen atoms in total. The van der Waals surface area contributed by atoms with E-state index in [1.54, 1.807) is 11.3 Å². The molecule has 0 saturated carbocycles. The number of carbonyl (C=O) groups excluding carboxylic acids is 1. The molecule has 0 unspecified atom stereocenters. The number of aryl methyl sites for hydroxylation is 1. The number of nitrogens with zero attached hydrogens (tertiary/aromatic N) is 1. The summed E-state index contributed by atoms with van der Waals surface area (Å²) in [5.41, 5.74) is 0.938. The standard InChI is InChI=1S/C11H16N2O2S/c1-2-10-13-8(7-16-10)6-12-11(14)9-4-3-5-15-9/h7,9H,2-6H2,1H3,(H,12,14)/t9-/m1/s1. The van der Waals surface area contributed by atoms with Crippen LogP contribution in [0.3, 0.4) is 0 Å². The van der Waals surface area contributed by atoms with Crippen LogP contribution >= 0.6 is 11.3 Å². The summed E-state index contributed by atoms with van der Waals surface area (Å²) in [6, 6.07) is 0. The summed E-state index contributed by atoms with van der Waals surface area (Å²) >= 11 is 1.64. The molecule has 2 heterocycles. The van der Waals surface area contributed by atoms with Gasteiger partial charge in [-0.2, -0.15) is 0 Å². The van der Waals surface area contributed by atoms with Gasteiger partial charge in [0.2, 0.25) is 5.91 Å². The molecule has 0 aromatic carbocycles. The van der Waals surface area contributed by atoms with Gasteiger partial charge in [0.25, 0.3) is 0 Å². The van der Waals surface area contributed by atoms with Crippen LogP contribution in [0.5, 0.6) is 0 Å². The zero-order chi connectivity index (χ0) is 11.4. The van der Waals surface area contributed by atoms with Crippen molar-refractivity contribution >= 4 is 17.2 Å². The highest BCUT2D eigenvalue weighted by Crippen LogP contribution is 2.13. The molecule has 0 radical (unpaired) electrons. The molecule has 16 heavy (non-hydrogen) atoms. The highest BCUT2D eigenvalue weighted by atomic mass is 32.1. The third-order valence-electron chi connectivity index (χ3n) is 2.57. The number of hydrogen-bond acceptors (Lipinski definition) is 4. The normalized spacial score (nSPS) is 19.9. The van der Waals surface area contributed by atoms with Gasteiger partial charge in [0.15, 0.2) is 0 Å². The predicted octanol–water partition coefficient (Wildman–Crippen LogP) is 1.50. The Balaban J connectivity index is 1.80. The first-order valence-electron chi connectivity index (χ1n) is 5.62. The van der Waals surface area contributed by atoms with Gasteiger partial charge in [-0.1, -0.05) is 6.92 Å². The molecule has 0 bridgehead atoms. The van der Waals surface area contributed by atoms with Crippen molar-refractivity contribution in [1.29, 1.82) is 0 Å². The Bertz CT molecular complexity index is 359. The van der Waals surface area contributed by atoms with Crippen LogP contribution in [0.1, 0.15) is 30.5 Å². The van der Waals surface area contributed by atoms with E-state index < -0.39 is 0 Å². The predicted molar refractivity (Wildman–Crippen MR) is 62.3 cm³/mol. The first kappa shape index (κ1) is 11.5. The third-order valence-corrected chi connectivity index (χ3v) is 3.61. The molecule has 1 aliphatic rings. The summed E-state index contributed by atoms with van der Waals surface area (Å²) in [6.45, 7) is 3.29. The van der Waals surface area contributed by atoms with Crippen LogP contribution < -0.4 is 5.32 Å². The topological polar surface area (TPSA) is 51.2 Å². The summed E-state index contributed by atoms with van der Waals surface area (Å²) < 4.78 is 5.30. The van der Waals surface area contributed by atoms with E-state index in [2.05, 4.69) is 17.2 Å². The van der Waals surface area contributed by atoms with Crippen LogP contribution in [-0.4, -0.2) is 23.6 Å². The summed E-state index contributed by atoms with van der Waals surface area (Å²) in [7, 11) is 0. The molecular weight excluding hydrogens is 224 g/mol. The van der Waals surface area contributed by atoms with E-state index in [4.69, 9.17) is 4.74 Å². The second-order valence-corrected chi connectivity index (χ2v) is 4.75. The zero-order valence-electron chi connectivity index (χ0n) is 9.36. The molecule has 0 aliphatic carbocycles. The molecule has 1 aromatic heterocycles. The van der Waals surface area contributed by atoms with E-state index in [1.165, 1.54) is 0 Å². The number of hydrogen-bond donors (Lipinski definition) is 1. The Hall–Kier alpha value is -0.940. The van der Waals surface area contributed by atoms with E-state index in [0.717, 1.165) is 30.0 Å². The number of thiazole rings is 1. The van der Waals surface area contributed by atoms with Crippen LogP contribution in [0.25, 0.3) is 0 Å². The lowest BCUT2D eigenvalue weighted by Gasteiger charge is -2.08. The van der Waals surface area contributed by atoms with Gasteiger partial charge < -0.3 is 10.1 Å². The minimum Gasteiger partial charge on any atom is -0.368 e. The quantitative estimate of drug-likeness (QED) is 0.867. The maximum absolute atomic E-state index is 11.6. The van der Waals surface area contributed by atoms with Crippen molar-refractivity contribution in [3.63, 3.8) is 0 Å². The minimum atomic E-state index is -0.246. The monoisotopic (exact) mass is 240 g/mol. The van der Waals surface area contributed by atoms with Crippen molar-refractivity contribution in [2.75, 3.05) is 6.61 Å². The van der Waals surface area contributed by atoms with Crippen LogP contribution in [-0.2, 0) is 22.5 Å². The fourth-order valence-corrected chi connectivity index (χ4v) is 2.41. The van der Waals surface area contributed by atoms with E-state index in [-0.39, 0.29) is 12.0 Å². The molecule has 1 N–H and O–H groups in total. The fraction of sp³-hybridized carbons (Fsp3) is 0.636. The van der Waals surface area contributed by atoms with E-state index in [0.29, 0.717) is 13.2 Å². The molecule has 1 atom stereocenters. The Labute approximate surface area is 99.0 Å². The number of amides is 1. The minimum absolute atomic E-state index is 0.0106. The van der Waals surface area contributed by atoms with Crippen LogP contribution in [0.2, 0.25) is 0 Å². The lowest BCUT2D eigenvalue weighted by molar-refractivity contribution is -0.130. The summed E-state index contributed by atoms with van der Waals surface area (Å²) in [5, 5.41) is 5.97. The Morgan fingerprint density at radius 3 is 3.25 bits per heavy atom. The lowest BCUT2D eigenvalue weighted by atomic mass is 10.2. The van der Waals surface area contributed by atoms with Gasteiger partial charge in [-0.05, 0) is 19.3 Å². The van der Waals surface area contributed by atoms with Gasteiger partial charge in [-0.3, -0.25) is 4.79 Å². The molecule has 1 fully saturated rings. The average molecular weight is 240 g/mol. The van der Waals surface area contributed by atoms with Gasteiger partial charge in [-0.15, -0.1) is 11.3 Å². The number of aromatic nitrogens is 1. The van der Waals surface area contributed by atoms with Gasteiger partial charge >= 0.3 is 0 Å². The molecule has 0 spiro atoms. The second-order valence-electron chi connectivity index (χ2n) is 3.81. The molecule has 1 saturated heterocycles. The van der Waals surface area contributed by atoms with Crippen LogP contribution in [0.4, 0.5) is 0 Å². The van der Waals surface area contributed by atoms with Gasteiger partial charge in [0, 0.05) is 12.0 Å². The summed E-state index contributed by atoms with van der Waals surface area (Å²) in [4.78, 5) is 16.0. The van der Waals surface area contributed by atoms with Gasteiger partial charge in [-0.25, -0.2) is 4.98 Å². The van der Waals surface area contributed by atoms with Crippen molar-refractivity contribution in [1.82, 2.24) is 10.3 Å². The smallest absolute Gasteiger partial charge is 0.249 e. The molecule has 88 valence electrons. The maximum atomic E-state index is 11.6. The largest absolute Gasteiger partial charge is 0.368 e. The molecule has 2 rings (SSSR count). The van der Waals surface area contributed by atoms with E-state index in [1.807, 2.05) is 5.38 Å². The molecule has 5 heteroatoms. The van der Waals surface area contributed by atoms with Gasteiger partial charge in [0.05, 0.1) is 17.2 Å². The van der Waals surface area contributed by atoms with Crippen molar-refractivity contribution in [2.45, 2.75) is 38.8 Å². The summed E-state index contributed by atoms with van der Waals surface area (Å²) in [5.74, 6) is -0.0106. The number of rotatable bonds is 4. The van der Waals surface area contributed by atoms with Gasteiger partial charge in [0.1, 0.15) is 6.10 Å². The molecule has 1 amide bonds. The zero-order valence-corrected chi connectivity index (χ0v) is 10.2.